The van der Waals surface area contributed by atoms with Crippen molar-refractivity contribution in [1.29, 1.82) is 0 Å². The van der Waals surface area contributed by atoms with Crippen LogP contribution >= 0.6 is 15.9 Å². The van der Waals surface area contributed by atoms with Crippen LogP contribution in [0, 0.1) is 11.7 Å². The van der Waals surface area contributed by atoms with E-state index in [1.54, 1.807) is 17.0 Å². The first kappa shape index (κ1) is 17.3. The summed E-state index contributed by atoms with van der Waals surface area (Å²) in [5, 5.41) is 0. The average molecular weight is 372 g/mol. The highest BCUT2D eigenvalue weighted by Gasteiger charge is 2.37. The number of ether oxygens (including phenoxy) is 1. The molecule has 0 radical (unpaired) electrons. The minimum atomic E-state index is -0.519. The molecule has 1 aromatic carbocycles. The van der Waals surface area contributed by atoms with Gasteiger partial charge in [0.2, 0.25) is 0 Å². The van der Waals surface area contributed by atoms with Crippen molar-refractivity contribution in [3.8, 4) is 0 Å². The Bertz CT molecular complexity index is 556. The molecule has 5 heteroatoms. The van der Waals surface area contributed by atoms with Gasteiger partial charge in [-0.05, 0) is 67.1 Å². The Balaban J connectivity index is 2.16. The third kappa shape index (κ3) is 4.00. The fourth-order valence-corrected chi connectivity index (χ4v) is 3.21. The van der Waals surface area contributed by atoms with Gasteiger partial charge in [0, 0.05) is 12.6 Å². The molecular weight excluding hydrogens is 349 g/mol. The number of benzene rings is 1. The minimum Gasteiger partial charge on any atom is -0.444 e. The quantitative estimate of drug-likeness (QED) is 0.748. The highest BCUT2D eigenvalue weighted by molar-refractivity contribution is 9.10. The SMILES string of the molecule is CC1CCN(C(=O)OC(C)(C)C)C1Cc1cccc(Br)c1F. The second-order valence-electron chi connectivity index (χ2n) is 6.92. The summed E-state index contributed by atoms with van der Waals surface area (Å²) in [6.07, 6.45) is 1.11. The molecule has 1 aliphatic rings. The van der Waals surface area contributed by atoms with Crippen LogP contribution in [0.25, 0.3) is 0 Å². The first-order valence-electron chi connectivity index (χ1n) is 7.61. The Morgan fingerprint density at radius 1 is 1.45 bits per heavy atom. The van der Waals surface area contributed by atoms with Gasteiger partial charge in [-0.2, -0.15) is 0 Å². The van der Waals surface area contributed by atoms with Gasteiger partial charge in [-0.15, -0.1) is 0 Å². The average Bonchev–Trinajstić information content (AvgIpc) is 2.75. The number of carbonyl (C=O) groups excluding carboxylic acids is 1. The van der Waals surface area contributed by atoms with Gasteiger partial charge in [0.05, 0.1) is 4.47 Å². The molecule has 1 amide bonds. The molecule has 2 unspecified atom stereocenters. The van der Waals surface area contributed by atoms with E-state index in [4.69, 9.17) is 4.74 Å². The maximum Gasteiger partial charge on any atom is 0.410 e. The summed E-state index contributed by atoms with van der Waals surface area (Å²) in [4.78, 5) is 14.1. The monoisotopic (exact) mass is 371 g/mol. The van der Waals surface area contributed by atoms with Crippen molar-refractivity contribution in [1.82, 2.24) is 4.90 Å². The van der Waals surface area contributed by atoms with E-state index < -0.39 is 5.60 Å². The van der Waals surface area contributed by atoms with E-state index in [1.165, 1.54) is 0 Å². The number of nitrogens with zero attached hydrogens (tertiary/aromatic N) is 1. The highest BCUT2D eigenvalue weighted by atomic mass is 79.9. The van der Waals surface area contributed by atoms with Crippen LogP contribution in [0.4, 0.5) is 9.18 Å². The fraction of sp³-hybridized carbons (Fsp3) is 0.588. The van der Waals surface area contributed by atoms with Gasteiger partial charge in [-0.1, -0.05) is 19.1 Å². The molecular formula is C17H23BrFNO2. The van der Waals surface area contributed by atoms with Crippen molar-refractivity contribution in [3.63, 3.8) is 0 Å². The van der Waals surface area contributed by atoms with Gasteiger partial charge in [0.1, 0.15) is 11.4 Å². The van der Waals surface area contributed by atoms with E-state index in [0.717, 1.165) is 6.42 Å². The number of likely N-dealkylation sites (tertiary alicyclic amines) is 1. The summed E-state index contributed by atoms with van der Waals surface area (Å²) in [7, 11) is 0. The third-order valence-corrected chi connectivity index (χ3v) is 4.58. The summed E-state index contributed by atoms with van der Waals surface area (Å²) < 4.78 is 20.1. The van der Waals surface area contributed by atoms with Crippen LogP contribution in [0.3, 0.4) is 0 Å². The van der Waals surface area contributed by atoms with E-state index >= 15 is 0 Å². The van der Waals surface area contributed by atoms with E-state index in [9.17, 15) is 9.18 Å². The number of amides is 1. The molecule has 2 atom stereocenters. The van der Waals surface area contributed by atoms with Crippen LogP contribution in [-0.2, 0) is 11.2 Å². The first-order chi connectivity index (χ1) is 10.2. The Hall–Kier alpha value is -1.10. The Kier molecular flexibility index (Phi) is 5.15. The lowest BCUT2D eigenvalue weighted by molar-refractivity contribution is 0.0210. The molecule has 0 N–H and O–H groups in total. The normalized spacial score (nSPS) is 22.0. The van der Waals surface area contributed by atoms with E-state index in [1.807, 2.05) is 26.8 Å². The molecule has 0 bridgehead atoms. The summed E-state index contributed by atoms with van der Waals surface area (Å²) in [5.41, 5.74) is 0.107. The predicted molar refractivity (Wildman–Crippen MR) is 88.3 cm³/mol. The number of rotatable bonds is 2. The van der Waals surface area contributed by atoms with Crippen LogP contribution < -0.4 is 0 Å². The largest absolute Gasteiger partial charge is 0.444 e. The molecule has 1 saturated heterocycles. The molecule has 0 saturated carbocycles. The van der Waals surface area contributed by atoms with Gasteiger partial charge in [-0.3, -0.25) is 0 Å². The molecule has 1 aromatic rings. The van der Waals surface area contributed by atoms with Crippen molar-refractivity contribution in [2.75, 3.05) is 6.54 Å². The van der Waals surface area contributed by atoms with Gasteiger partial charge in [-0.25, -0.2) is 9.18 Å². The number of hydrogen-bond donors (Lipinski definition) is 0. The van der Waals surface area contributed by atoms with E-state index in [-0.39, 0.29) is 18.0 Å². The van der Waals surface area contributed by atoms with Crippen LogP contribution in [-0.4, -0.2) is 29.2 Å². The number of carbonyl (C=O) groups is 1. The summed E-state index contributed by atoms with van der Waals surface area (Å²) in [5.74, 6) is 0.0802. The topological polar surface area (TPSA) is 29.5 Å². The Morgan fingerprint density at radius 2 is 2.14 bits per heavy atom. The molecule has 1 fully saturated rings. The second kappa shape index (κ2) is 6.57. The van der Waals surface area contributed by atoms with E-state index in [2.05, 4.69) is 22.9 Å². The lowest BCUT2D eigenvalue weighted by atomic mass is 9.95. The molecule has 2 rings (SSSR count). The Morgan fingerprint density at radius 3 is 2.77 bits per heavy atom. The fourth-order valence-electron chi connectivity index (χ4n) is 2.80. The van der Waals surface area contributed by atoms with Crippen molar-refractivity contribution in [2.45, 2.75) is 52.2 Å². The zero-order valence-electron chi connectivity index (χ0n) is 13.5. The van der Waals surface area contributed by atoms with Crippen molar-refractivity contribution in [2.24, 2.45) is 5.92 Å². The molecule has 0 spiro atoms. The smallest absolute Gasteiger partial charge is 0.410 e. The molecule has 0 aromatic heterocycles. The molecule has 1 heterocycles. The molecule has 22 heavy (non-hydrogen) atoms. The maximum absolute atomic E-state index is 14.2. The molecule has 0 aliphatic carbocycles. The van der Waals surface area contributed by atoms with Gasteiger partial charge in [0.25, 0.3) is 0 Å². The summed E-state index contributed by atoms with van der Waals surface area (Å²) in [6, 6.07) is 5.25. The lowest BCUT2D eigenvalue weighted by Gasteiger charge is -2.30. The molecule has 3 nitrogen and oxygen atoms in total. The number of halogens is 2. The number of hydrogen-bond acceptors (Lipinski definition) is 2. The van der Waals surface area contributed by atoms with Crippen molar-refractivity contribution < 1.29 is 13.9 Å². The second-order valence-corrected chi connectivity index (χ2v) is 7.78. The third-order valence-electron chi connectivity index (χ3n) is 3.97. The highest BCUT2D eigenvalue weighted by Crippen LogP contribution is 2.30. The summed E-state index contributed by atoms with van der Waals surface area (Å²) in [6.45, 7) is 8.33. The summed E-state index contributed by atoms with van der Waals surface area (Å²) >= 11 is 3.21. The van der Waals surface area contributed by atoms with Crippen LogP contribution in [0.15, 0.2) is 22.7 Å². The molecule has 122 valence electrons. The van der Waals surface area contributed by atoms with Crippen LogP contribution in [0.5, 0.6) is 0 Å². The van der Waals surface area contributed by atoms with Gasteiger partial charge < -0.3 is 9.64 Å². The van der Waals surface area contributed by atoms with Crippen molar-refractivity contribution in [3.05, 3.63) is 34.1 Å². The van der Waals surface area contributed by atoms with Crippen molar-refractivity contribution >= 4 is 22.0 Å². The van der Waals surface area contributed by atoms with Gasteiger partial charge in [0.15, 0.2) is 0 Å². The maximum atomic E-state index is 14.2. The molecule has 1 aliphatic heterocycles. The predicted octanol–water partition coefficient (Wildman–Crippen LogP) is 4.78. The standard InChI is InChI=1S/C17H23BrFNO2/c1-11-8-9-20(16(21)22-17(2,3)4)14(11)10-12-6-5-7-13(18)15(12)19/h5-7,11,14H,8-10H2,1-4H3. The minimum absolute atomic E-state index is 0.0290. The van der Waals surface area contributed by atoms with E-state index in [0.29, 0.717) is 28.9 Å². The Labute approximate surface area is 140 Å². The lowest BCUT2D eigenvalue weighted by Crippen LogP contribution is -2.42. The first-order valence-corrected chi connectivity index (χ1v) is 8.41. The van der Waals surface area contributed by atoms with Crippen LogP contribution in [0.1, 0.15) is 39.7 Å². The van der Waals surface area contributed by atoms with Crippen LogP contribution in [0.2, 0.25) is 0 Å². The van der Waals surface area contributed by atoms with Gasteiger partial charge >= 0.3 is 6.09 Å². The zero-order valence-corrected chi connectivity index (χ0v) is 15.1. The zero-order chi connectivity index (χ0) is 16.5.